The van der Waals surface area contributed by atoms with Crippen molar-refractivity contribution in [3.05, 3.63) is 17.0 Å². The lowest BCUT2D eigenvalue weighted by Crippen LogP contribution is -2.16. The van der Waals surface area contributed by atoms with Gasteiger partial charge in [0.25, 0.3) is 0 Å². The lowest BCUT2D eigenvalue weighted by atomic mass is 10.1. The molecule has 1 aliphatic rings. The van der Waals surface area contributed by atoms with E-state index in [1.165, 1.54) is 0 Å². The van der Waals surface area contributed by atoms with E-state index < -0.39 is 0 Å². The molecule has 0 spiro atoms. The standard InChI is InChI=1S/C10H14ClN3O/c1-7-4-9(14-10(11)13-7)15-6-8-2-3-12-5-8/h4,8,12H,2-3,5-6H2,1H3/t8-/m1/s1. The van der Waals surface area contributed by atoms with Gasteiger partial charge in [-0.05, 0) is 31.5 Å². The summed E-state index contributed by atoms with van der Waals surface area (Å²) < 4.78 is 5.58. The number of hydrogen-bond donors (Lipinski definition) is 1. The monoisotopic (exact) mass is 227 g/mol. The molecule has 1 atom stereocenters. The highest BCUT2D eigenvalue weighted by atomic mass is 35.5. The summed E-state index contributed by atoms with van der Waals surface area (Å²) in [4.78, 5) is 7.98. The molecule has 5 heteroatoms. The zero-order valence-electron chi connectivity index (χ0n) is 8.66. The van der Waals surface area contributed by atoms with Crippen molar-refractivity contribution >= 4 is 11.6 Å². The van der Waals surface area contributed by atoms with Crippen molar-refractivity contribution < 1.29 is 4.74 Å². The third-order valence-electron chi connectivity index (χ3n) is 2.43. The molecule has 2 rings (SSSR count). The zero-order valence-corrected chi connectivity index (χ0v) is 9.42. The lowest BCUT2D eigenvalue weighted by molar-refractivity contribution is 0.250. The Morgan fingerprint density at radius 2 is 2.47 bits per heavy atom. The number of ether oxygens (including phenoxy) is 1. The van der Waals surface area contributed by atoms with Crippen molar-refractivity contribution in [2.75, 3.05) is 19.7 Å². The first-order valence-electron chi connectivity index (χ1n) is 5.09. The predicted molar refractivity (Wildman–Crippen MR) is 58.3 cm³/mol. The Labute approximate surface area is 94.0 Å². The Bertz CT molecular complexity index is 319. The number of hydrogen-bond acceptors (Lipinski definition) is 4. The van der Waals surface area contributed by atoms with Crippen LogP contribution in [0.25, 0.3) is 0 Å². The van der Waals surface area contributed by atoms with Crippen molar-refractivity contribution in [1.29, 1.82) is 0 Å². The first-order chi connectivity index (χ1) is 7.24. The number of aryl methyl sites for hydroxylation is 1. The maximum Gasteiger partial charge on any atom is 0.225 e. The van der Waals surface area contributed by atoms with E-state index in [0.717, 1.165) is 25.2 Å². The fourth-order valence-corrected chi connectivity index (χ4v) is 1.86. The highest BCUT2D eigenvalue weighted by Gasteiger charge is 2.15. The molecule has 1 aromatic heterocycles. The van der Waals surface area contributed by atoms with Gasteiger partial charge < -0.3 is 10.1 Å². The van der Waals surface area contributed by atoms with Gasteiger partial charge in [0, 0.05) is 24.2 Å². The van der Waals surface area contributed by atoms with Crippen LogP contribution < -0.4 is 10.1 Å². The molecule has 1 N–H and O–H groups in total. The first kappa shape index (κ1) is 10.6. The fourth-order valence-electron chi connectivity index (χ4n) is 1.64. The lowest BCUT2D eigenvalue weighted by Gasteiger charge is -2.10. The molecule has 0 amide bonds. The number of aromatic nitrogens is 2. The second kappa shape index (κ2) is 4.77. The number of nitrogens with zero attached hydrogens (tertiary/aromatic N) is 2. The third-order valence-corrected chi connectivity index (χ3v) is 2.60. The fraction of sp³-hybridized carbons (Fsp3) is 0.600. The van der Waals surface area contributed by atoms with Gasteiger partial charge in [-0.25, -0.2) is 4.98 Å². The van der Waals surface area contributed by atoms with Crippen molar-refractivity contribution in [3.8, 4) is 5.88 Å². The summed E-state index contributed by atoms with van der Waals surface area (Å²) in [5, 5.41) is 3.54. The van der Waals surface area contributed by atoms with E-state index >= 15 is 0 Å². The largest absolute Gasteiger partial charge is 0.477 e. The third kappa shape index (κ3) is 3.04. The van der Waals surface area contributed by atoms with Gasteiger partial charge in [0.1, 0.15) is 0 Å². The summed E-state index contributed by atoms with van der Waals surface area (Å²) in [5.74, 6) is 1.15. The van der Waals surface area contributed by atoms with Crippen molar-refractivity contribution in [2.24, 2.45) is 5.92 Å². The molecule has 0 aliphatic carbocycles. The second-order valence-corrected chi connectivity index (χ2v) is 4.12. The molecule has 82 valence electrons. The minimum atomic E-state index is 0.245. The smallest absolute Gasteiger partial charge is 0.225 e. The van der Waals surface area contributed by atoms with Crippen LogP contribution in [-0.4, -0.2) is 29.7 Å². The Morgan fingerprint density at radius 1 is 1.60 bits per heavy atom. The molecule has 0 bridgehead atoms. The van der Waals surface area contributed by atoms with Gasteiger partial charge in [0.15, 0.2) is 0 Å². The van der Waals surface area contributed by atoms with Crippen LogP contribution in [0.1, 0.15) is 12.1 Å². The summed E-state index contributed by atoms with van der Waals surface area (Å²) in [5.41, 5.74) is 0.828. The summed E-state index contributed by atoms with van der Waals surface area (Å²) in [6.45, 7) is 4.67. The van der Waals surface area contributed by atoms with E-state index in [4.69, 9.17) is 16.3 Å². The highest BCUT2D eigenvalue weighted by Crippen LogP contribution is 2.14. The molecule has 1 aromatic rings. The number of nitrogens with one attached hydrogen (secondary N) is 1. The van der Waals surface area contributed by atoms with Gasteiger partial charge >= 0.3 is 0 Å². The Balaban J connectivity index is 1.92. The molecule has 15 heavy (non-hydrogen) atoms. The number of rotatable bonds is 3. The topological polar surface area (TPSA) is 47.0 Å². The van der Waals surface area contributed by atoms with Gasteiger partial charge in [-0.1, -0.05) is 0 Å². The summed E-state index contributed by atoms with van der Waals surface area (Å²) in [6, 6.07) is 1.80. The minimum absolute atomic E-state index is 0.245. The van der Waals surface area contributed by atoms with Crippen LogP contribution in [0, 0.1) is 12.8 Å². The SMILES string of the molecule is Cc1cc(OC[C@@H]2CCNC2)nc(Cl)n1. The van der Waals surface area contributed by atoms with Crippen LogP contribution in [-0.2, 0) is 0 Å². The van der Waals surface area contributed by atoms with Crippen LogP contribution in [0.2, 0.25) is 5.28 Å². The zero-order chi connectivity index (χ0) is 10.7. The van der Waals surface area contributed by atoms with E-state index in [9.17, 15) is 0 Å². The predicted octanol–water partition coefficient (Wildman–Crippen LogP) is 1.43. The molecule has 0 unspecified atom stereocenters. The second-order valence-electron chi connectivity index (χ2n) is 3.79. The van der Waals surface area contributed by atoms with Crippen LogP contribution in [0.3, 0.4) is 0 Å². The van der Waals surface area contributed by atoms with E-state index in [-0.39, 0.29) is 5.28 Å². The minimum Gasteiger partial charge on any atom is -0.477 e. The molecule has 0 saturated carbocycles. The molecule has 4 nitrogen and oxygen atoms in total. The van der Waals surface area contributed by atoms with Gasteiger partial charge in [-0.2, -0.15) is 4.98 Å². The van der Waals surface area contributed by atoms with Crippen LogP contribution in [0.15, 0.2) is 6.07 Å². The summed E-state index contributed by atoms with van der Waals surface area (Å²) in [7, 11) is 0. The number of halogens is 1. The van der Waals surface area contributed by atoms with E-state index in [2.05, 4.69) is 15.3 Å². The molecule has 1 aliphatic heterocycles. The normalized spacial score (nSPS) is 20.5. The molecular formula is C10H14ClN3O. The average Bonchev–Trinajstić information content (AvgIpc) is 2.65. The van der Waals surface area contributed by atoms with Gasteiger partial charge in [-0.3, -0.25) is 0 Å². The molecule has 1 saturated heterocycles. The maximum atomic E-state index is 5.73. The first-order valence-corrected chi connectivity index (χ1v) is 5.46. The Morgan fingerprint density at radius 3 is 3.13 bits per heavy atom. The van der Waals surface area contributed by atoms with Crippen molar-refractivity contribution in [2.45, 2.75) is 13.3 Å². The average molecular weight is 228 g/mol. The Hall–Kier alpha value is -0.870. The van der Waals surface area contributed by atoms with E-state index in [0.29, 0.717) is 18.4 Å². The van der Waals surface area contributed by atoms with Gasteiger partial charge in [0.2, 0.25) is 11.2 Å². The van der Waals surface area contributed by atoms with Crippen LogP contribution in [0.4, 0.5) is 0 Å². The summed E-state index contributed by atoms with van der Waals surface area (Å²) >= 11 is 5.73. The van der Waals surface area contributed by atoms with E-state index in [1.54, 1.807) is 6.07 Å². The molecular weight excluding hydrogens is 214 g/mol. The van der Waals surface area contributed by atoms with Crippen LogP contribution in [0.5, 0.6) is 5.88 Å². The van der Waals surface area contributed by atoms with Crippen molar-refractivity contribution in [3.63, 3.8) is 0 Å². The van der Waals surface area contributed by atoms with E-state index in [1.807, 2.05) is 6.92 Å². The van der Waals surface area contributed by atoms with Crippen LogP contribution >= 0.6 is 11.6 Å². The molecule has 1 fully saturated rings. The maximum absolute atomic E-state index is 5.73. The quantitative estimate of drug-likeness (QED) is 0.794. The van der Waals surface area contributed by atoms with Gasteiger partial charge in [0.05, 0.1) is 6.61 Å². The summed E-state index contributed by atoms with van der Waals surface area (Å²) in [6.07, 6.45) is 1.16. The van der Waals surface area contributed by atoms with Crippen molar-refractivity contribution in [1.82, 2.24) is 15.3 Å². The molecule has 2 heterocycles. The molecule has 0 radical (unpaired) electrons. The molecule has 0 aromatic carbocycles. The highest BCUT2D eigenvalue weighted by molar-refractivity contribution is 6.28. The Kier molecular flexibility index (Phi) is 3.38. The van der Waals surface area contributed by atoms with Gasteiger partial charge in [-0.15, -0.1) is 0 Å².